The average molecular weight is 473 g/mol. The smallest absolute Gasteiger partial charge is 0.272 e. The number of rotatable bonds is 6. The fourth-order valence-electron chi connectivity index (χ4n) is 4.49. The number of ether oxygens (including phenoxy) is 3. The van der Waals surface area contributed by atoms with Crippen molar-refractivity contribution in [1.82, 2.24) is 25.0 Å². The topological polar surface area (TPSA) is 113 Å². The standard InChI is InChI=1S/C25H24N6O4/c1-14-21-17(16-10-11-19(33-2)23(35-4)22(16)34-3)12-20(32)28-24(21)31(30-14)25-27-18(13-26-29-25)15-8-6-5-7-9-15/h5-11,13,17H,12H2,1-4H3,(H,28,32)/t17-/m1/s1. The van der Waals surface area contributed by atoms with Crippen LogP contribution in [0.2, 0.25) is 0 Å². The van der Waals surface area contributed by atoms with Crippen LogP contribution in [0.4, 0.5) is 5.82 Å². The Morgan fingerprint density at radius 2 is 1.77 bits per heavy atom. The molecule has 1 atom stereocenters. The summed E-state index contributed by atoms with van der Waals surface area (Å²) in [5.41, 5.74) is 3.93. The molecule has 10 nitrogen and oxygen atoms in total. The minimum absolute atomic E-state index is 0.160. The number of hydrogen-bond donors (Lipinski definition) is 1. The number of benzene rings is 2. The highest BCUT2D eigenvalue weighted by Gasteiger charge is 2.36. The Morgan fingerprint density at radius 3 is 2.49 bits per heavy atom. The van der Waals surface area contributed by atoms with E-state index in [1.807, 2.05) is 43.3 Å². The number of nitrogens with one attached hydrogen (secondary N) is 1. The molecule has 2 aromatic carbocycles. The van der Waals surface area contributed by atoms with E-state index in [9.17, 15) is 4.79 Å². The molecule has 0 spiro atoms. The third kappa shape index (κ3) is 3.82. The van der Waals surface area contributed by atoms with Gasteiger partial charge in [0, 0.05) is 29.0 Å². The summed E-state index contributed by atoms with van der Waals surface area (Å²) >= 11 is 0. The molecule has 0 radical (unpaired) electrons. The summed E-state index contributed by atoms with van der Waals surface area (Å²) in [5.74, 6) is 1.80. The summed E-state index contributed by atoms with van der Waals surface area (Å²) in [6.45, 7) is 1.89. The van der Waals surface area contributed by atoms with Crippen LogP contribution in [0.1, 0.15) is 29.2 Å². The lowest BCUT2D eigenvalue weighted by atomic mass is 9.85. The molecule has 0 fully saturated rings. The van der Waals surface area contributed by atoms with Crippen LogP contribution in [-0.2, 0) is 4.79 Å². The second-order valence-electron chi connectivity index (χ2n) is 8.00. The van der Waals surface area contributed by atoms with Gasteiger partial charge >= 0.3 is 0 Å². The third-order valence-corrected chi connectivity index (χ3v) is 6.02. The number of hydrogen-bond acceptors (Lipinski definition) is 8. The van der Waals surface area contributed by atoms with E-state index in [4.69, 9.17) is 14.2 Å². The lowest BCUT2D eigenvalue weighted by molar-refractivity contribution is -0.116. The normalized spacial score (nSPS) is 14.7. The summed E-state index contributed by atoms with van der Waals surface area (Å²) in [6.07, 6.45) is 1.81. The van der Waals surface area contributed by atoms with Crippen molar-refractivity contribution < 1.29 is 19.0 Å². The molecule has 178 valence electrons. The molecule has 10 heteroatoms. The number of methoxy groups -OCH3 is 3. The van der Waals surface area contributed by atoms with Crippen LogP contribution >= 0.6 is 0 Å². The highest BCUT2D eigenvalue weighted by atomic mass is 16.5. The van der Waals surface area contributed by atoms with Crippen molar-refractivity contribution in [2.45, 2.75) is 19.3 Å². The number of fused-ring (bicyclic) bond motifs is 1. The van der Waals surface area contributed by atoms with Crippen LogP contribution in [0, 0.1) is 6.92 Å². The van der Waals surface area contributed by atoms with Crippen LogP contribution in [-0.4, -0.2) is 52.2 Å². The van der Waals surface area contributed by atoms with E-state index in [0.717, 1.165) is 22.4 Å². The zero-order valence-electron chi connectivity index (χ0n) is 19.8. The van der Waals surface area contributed by atoms with Crippen molar-refractivity contribution >= 4 is 11.7 Å². The molecule has 0 unspecified atom stereocenters. The van der Waals surface area contributed by atoms with E-state index in [-0.39, 0.29) is 24.2 Å². The summed E-state index contributed by atoms with van der Waals surface area (Å²) in [7, 11) is 4.68. The van der Waals surface area contributed by atoms with Gasteiger partial charge in [-0.2, -0.15) is 14.9 Å². The lowest BCUT2D eigenvalue weighted by Crippen LogP contribution is -2.25. The van der Waals surface area contributed by atoms with Crippen LogP contribution in [0.25, 0.3) is 17.2 Å². The molecule has 35 heavy (non-hydrogen) atoms. The third-order valence-electron chi connectivity index (χ3n) is 6.02. The van der Waals surface area contributed by atoms with Gasteiger partial charge in [0.25, 0.3) is 5.95 Å². The number of carbonyl (C=O) groups is 1. The Bertz CT molecular complexity index is 1400. The maximum absolute atomic E-state index is 12.9. The number of aromatic nitrogens is 5. The van der Waals surface area contributed by atoms with Crippen molar-refractivity contribution in [2.24, 2.45) is 0 Å². The largest absolute Gasteiger partial charge is 0.493 e. The number of anilines is 1. The minimum Gasteiger partial charge on any atom is -0.493 e. The molecule has 4 aromatic rings. The van der Waals surface area contributed by atoms with Gasteiger partial charge in [-0.25, -0.2) is 4.98 Å². The molecule has 2 aromatic heterocycles. The van der Waals surface area contributed by atoms with Crippen LogP contribution < -0.4 is 19.5 Å². The number of amides is 1. The summed E-state index contributed by atoms with van der Waals surface area (Å²) < 4.78 is 18.2. The second kappa shape index (κ2) is 9.05. The van der Waals surface area contributed by atoms with E-state index in [2.05, 4.69) is 25.6 Å². The Balaban J connectivity index is 1.65. The molecular formula is C25H24N6O4. The van der Waals surface area contributed by atoms with Gasteiger partial charge in [-0.05, 0) is 13.0 Å². The van der Waals surface area contributed by atoms with E-state index < -0.39 is 0 Å². The predicted octanol–water partition coefficient (Wildman–Crippen LogP) is 3.53. The van der Waals surface area contributed by atoms with Crippen molar-refractivity contribution in [3.8, 4) is 34.5 Å². The fraction of sp³-hybridized carbons (Fsp3) is 0.240. The van der Waals surface area contributed by atoms with Gasteiger partial charge in [0.15, 0.2) is 11.5 Å². The highest BCUT2D eigenvalue weighted by Crippen LogP contribution is 2.48. The number of carbonyl (C=O) groups excluding carboxylic acids is 1. The summed E-state index contributed by atoms with van der Waals surface area (Å²) in [5, 5.41) is 15.9. The van der Waals surface area contributed by atoms with E-state index in [1.54, 1.807) is 33.6 Å². The molecule has 5 rings (SSSR count). The van der Waals surface area contributed by atoms with Crippen LogP contribution in [0.5, 0.6) is 17.2 Å². The molecule has 1 N–H and O–H groups in total. The van der Waals surface area contributed by atoms with Crippen molar-refractivity contribution in [3.05, 3.63) is 65.5 Å². The van der Waals surface area contributed by atoms with Crippen molar-refractivity contribution in [1.29, 1.82) is 0 Å². The first-order chi connectivity index (χ1) is 17.0. The molecule has 0 saturated heterocycles. The van der Waals surface area contributed by atoms with Gasteiger partial charge in [-0.1, -0.05) is 36.4 Å². The van der Waals surface area contributed by atoms with Crippen LogP contribution in [0.15, 0.2) is 48.7 Å². The van der Waals surface area contributed by atoms with Crippen molar-refractivity contribution in [2.75, 3.05) is 26.6 Å². The lowest BCUT2D eigenvalue weighted by Gasteiger charge is -2.26. The molecular weight excluding hydrogens is 448 g/mol. The molecule has 1 amide bonds. The number of nitrogens with zero attached hydrogens (tertiary/aromatic N) is 5. The Hall–Kier alpha value is -4.47. The SMILES string of the molecule is COc1ccc([C@H]2CC(=O)Nc3c2c(C)nn3-c2nncc(-c3ccccc3)n2)c(OC)c1OC. The number of aryl methyl sites for hydroxylation is 1. The Kier molecular flexibility index (Phi) is 5.77. The molecule has 3 heterocycles. The molecule has 0 aliphatic carbocycles. The highest BCUT2D eigenvalue weighted by molar-refractivity contribution is 5.95. The van der Waals surface area contributed by atoms with E-state index in [1.165, 1.54) is 4.68 Å². The van der Waals surface area contributed by atoms with Gasteiger partial charge in [-0.15, -0.1) is 5.10 Å². The van der Waals surface area contributed by atoms with Gasteiger partial charge in [0.1, 0.15) is 5.82 Å². The molecule has 0 bridgehead atoms. The molecule has 1 aliphatic rings. The predicted molar refractivity (Wildman–Crippen MR) is 128 cm³/mol. The van der Waals surface area contributed by atoms with E-state index in [0.29, 0.717) is 28.8 Å². The Morgan fingerprint density at radius 1 is 1.00 bits per heavy atom. The average Bonchev–Trinajstić information content (AvgIpc) is 3.23. The quantitative estimate of drug-likeness (QED) is 0.453. The van der Waals surface area contributed by atoms with Gasteiger partial charge < -0.3 is 19.5 Å². The first kappa shape index (κ1) is 22.3. The zero-order valence-corrected chi connectivity index (χ0v) is 19.8. The van der Waals surface area contributed by atoms with Crippen molar-refractivity contribution in [3.63, 3.8) is 0 Å². The van der Waals surface area contributed by atoms with E-state index >= 15 is 0 Å². The van der Waals surface area contributed by atoms with Gasteiger partial charge in [-0.3, -0.25) is 4.79 Å². The Labute approximate surface area is 201 Å². The summed E-state index contributed by atoms with van der Waals surface area (Å²) in [6, 6.07) is 13.4. The minimum atomic E-state index is -0.326. The van der Waals surface area contributed by atoms with Gasteiger partial charge in [0.05, 0.1) is 38.9 Å². The molecule has 0 saturated carbocycles. The first-order valence-electron chi connectivity index (χ1n) is 11.0. The molecule has 1 aliphatic heterocycles. The monoisotopic (exact) mass is 472 g/mol. The zero-order chi connectivity index (χ0) is 24.5. The maximum Gasteiger partial charge on any atom is 0.272 e. The second-order valence-corrected chi connectivity index (χ2v) is 8.00. The fourth-order valence-corrected chi connectivity index (χ4v) is 4.49. The first-order valence-corrected chi connectivity index (χ1v) is 11.0. The maximum atomic E-state index is 12.9. The van der Waals surface area contributed by atoms with Crippen LogP contribution in [0.3, 0.4) is 0 Å². The summed E-state index contributed by atoms with van der Waals surface area (Å²) in [4.78, 5) is 17.5. The van der Waals surface area contributed by atoms with Gasteiger partial charge in [0.2, 0.25) is 11.7 Å².